The van der Waals surface area contributed by atoms with Crippen LogP contribution in [0, 0.1) is 6.92 Å². The van der Waals surface area contributed by atoms with Crippen LogP contribution in [0.3, 0.4) is 0 Å². The lowest BCUT2D eigenvalue weighted by Gasteiger charge is -2.07. The van der Waals surface area contributed by atoms with Gasteiger partial charge in [-0.05, 0) is 37.3 Å². The maximum absolute atomic E-state index is 4.58. The zero-order valence-electron chi connectivity index (χ0n) is 10.6. The van der Waals surface area contributed by atoms with E-state index in [1.807, 2.05) is 54.1 Å². The van der Waals surface area contributed by atoms with Gasteiger partial charge in [0.15, 0.2) is 0 Å². The second kappa shape index (κ2) is 4.94. The summed E-state index contributed by atoms with van der Waals surface area (Å²) in [5, 5.41) is 4.58. The Balaban J connectivity index is 2.15. The van der Waals surface area contributed by atoms with Gasteiger partial charge in [0.2, 0.25) is 0 Å². The Morgan fingerprint density at radius 2 is 1.63 bits per heavy atom. The van der Waals surface area contributed by atoms with E-state index in [4.69, 9.17) is 0 Å². The van der Waals surface area contributed by atoms with Crippen LogP contribution in [-0.2, 0) is 0 Å². The van der Waals surface area contributed by atoms with E-state index in [-0.39, 0.29) is 0 Å². The maximum atomic E-state index is 4.58. The Kier molecular flexibility index (Phi) is 3.13. The van der Waals surface area contributed by atoms with Crippen molar-refractivity contribution < 1.29 is 0 Å². The molecular weight excluding hydrogens is 252 g/mol. The number of hydrogen-bond acceptors (Lipinski definition) is 2. The van der Waals surface area contributed by atoms with Crippen molar-refractivity contribution in [2.75, 3.05) is 0 Å². The number of benzene rings is 2. The summed E-state index contributed by atoms with van der Waals surface area (Å²) < 4.78 is 1.97. The van der Waals surface area contributed by atoms with Crippen molar-refractivity contribution in [3.8, 4) is 16.9 Å². The van der Waals surface area contributed by atoms with Crippen molar-refractivity contribution in [1.29, 1.82) is 0 Å². The Hall–Kier alpha value is -2.00. The van der Waals surface area contributed by atoms with E-state index in [0.717, 1.165) is 27.5 Å². The average Bonchev–Trinajstić information content (AvgIpc) is 2.83. The van der Waals surface area contributed by atoms with E-state index >= 15 is 0 Å². The fourth-order valence-corrected chi connectivity index (χ4v) is 2.25. The van der Waals surface area contributed by atoms with Gasteiger partial charge in [0, 0.05) is 10.5 Å². The van der Waals surface area contributed by atoms with Crippen LogP contribution in [0.1, 0.15) is 5.69 Å². The molecule has 2 aromatic carbocycles. The molecule has 3 rings (SSSR count). The lowest BCUT2D eigenvalue weighted by molar-refractivity contribution is 0.868. The first-order valence-corrected chi connectivity index (χ1v) is 6.60. The SMILES string of the molecule is Cc1cc(-c2ccccc2)n(-c2ccc(S)cc2)n1. The lowest BCUT2D eigenvalue weighted by Crippen LogP contribution is -1.98. The van der Waals surface area contributed by atoms with Crippen molar-refractivity contribution in [3.63, 3.8) is 0 Å². The molecule has 3 aromatic rings. The minimum Gasteiger partial charge on any atom is -0.233 e. The molecule has 0 saturated carbocycles. The van der Waals surface area contributed by atoms with E-state index in [2.05, 4.69) is 35.9 Å². The summed E-state index contributed by atoms with van der Waals surface area (Å²) in [5.74, 6) is 0. The summed E-state index contributed by atoms with van der Waals surface area (Å²) in [4.78, 5) is 0.953. The molecule has 0 bridgehead atoms. The Morgan fingerprint density at radius 1 is 0.947 bits per heavy atom. The minimum absolute atomic E-state index is 0.953. The van der Waals surface area contributed by atoms with Crippen molar-refractivity contribution in [2.45, 2.75) is 11.8 Å². The lowest BCUT2D eigenvalue weighted by atomic mass is 10.1. The fraction of sp³-hybridized carbons (Fsp3) is 0.0625. The molecule has 3 heteroatoms. The predicted molar refractivity (Wildman–Crippen MR) is 81.0 cm³/mol. The van der Waals surface area contributed by atoms with Crippen LogP contribution in [0.4, 0.5) is 0 Å². The fourth-order valence-electron chi connectivity index (χ4n) is 2.10. The Labute approximate surface area is 118 Å². The van der Waals surface area contributed by atoms with Crippen LogP contribution < -0.4 is 0 Å². The highest BCUT2D eigenvalue weighted by molar-refractivity contribution is 7.80. The standard InChI is InChI=1S/C16H14N2S/c1-12-11-16(13-5-3-2-4-6-13)18(17-12)14-7-9-15(19)10-8-14/h2-11,19H,1H3. The zero-order valence-corrected chi connectivity index (χ0v) is 11.5. The largest absolute Gasteiger partial charge is 0.233 e. The first-order valence-electron chi connectivity index (χ1n) is 6.15. The molecule has 0 radical (unpaired) electrons. The number of aromatic nitrogens is 2. The predicted octanol–water partition coefficient (Wildman–Crippen LogP) is 4.14. The molecular formula is C16H14N2S. The van der Waals surface area contributed by atoms with Crippen LogP contribution in [0.2, 0.25) is 0 Å². The second-order valence-corrected chi connectivity index (χ2v) is 4.98. The molecule has 0 spiro atoms. The molecule has 0 atom stereocenters. The molecule has 0 fully saturated rings. The first kappa shape index (κ1) is 12.1. The van der Waals surface area contributed by atoms with E-state index in [1.165, 1.54) is 0 Å². The quantitative estimate of drug-likeness (QED) is 0.690. The van der Waals surface area contributed by atoms with Gasteiger partial charge in [0.05, 0.1) is 17.1 Å². The van der Waals surface area contributed by atoms with Crippen LogP contribution >= 0.6 is 12.6 Å². The molecule has 2 nitrogen and oxygen atoms in total. The van der Waals surface area contributed by atoms with Gasteiger partial charge in [-0.2, -0.15) is 5.10 Å². The minimum atomic E-state index is 0.953. The van der Waals surface area contributed by atoms with Crippen molar-refractivity contribution in [3.05, 3.63) is 66.4 Å². The summed E-state index contributed by atoms with van der Waals surface area (Å²) >= 11 is 4.32. The molecule has 0 N–H and O–H groups in total. The summed E-state index contributed by atoms with van der Waals surface area (Å²) in [6.45, 7) is 2.01. The third kappa shape index (κ3) is 2.42. The first-order chi connectivity index (χ1) is 9.24. The summed E-state index contributed by atoms with van der Waals surface area (Å²) in [6, 6.07) is 20.4. The number of thiol groups is 1. The monoisotopic (exact) mass is 266 g/mol. The van der Waals surface area contributed by atoms with Gasteiger partial charge < -0.3 is 0 Å². The molecule has 0 saturated heterocycles. The van der Waals surface area contributed by atoms with Crippen LogP contribution in [-0.4, -0.2) is 9.78 Å². The molecule has 0 aliphatic heterocycles. The van der Waals surface area contributed by atoms with E-state index in [0.29, 0.717) is 0 Å². The molecule has 0 aliphatic carbocycles. The van der Waals surface area contributed by atoms with Crippen molar-refractivity contribution in [2.24, 2.45) is 0 Å². The Bertz CT molecular complexity index is 685. The molecule has 94 valence electrons. The van der Waals surface area contributed by atoms with Crippen LogP contribution in [0.15, 0.2) is 65.6 Å². The number of hydrogen-bond donors (Lipinski definition) is 1. The van der Waals surface area contributed by atoms with Gasteiger partial charge in [-0.25, -0.2) is 4.68 Å². The zero-order chi connectivity index (χ0) is 13.2. The normalized spacial score (nSPS) is 10.6. The van der Waals surface area contributed by atoms with Gasteiger partial charge >= 0.3 is 0 Å². The van der Waals surface area contributed by atoms with Crippen LogP contribution in [0.25, 0.3) is 16.9 Å². The molecule has 0 unspecified atom stereocenters. The van der Waals surface area contributed by atoms with Gasteiger partial charge in [0.1, 0.15) is 0 Å². The molecule has 1 heterocycles. The van der Waals surface area contributed by atoms with E-state index in [1.54, 1.807) is 0 Å². The van der Waals surface area contributed by atoms with Crippen LogP contribution in [0.5, 0.6) is 0 Å². The van der Waals surface area contributed by atoms with Gasteiger partial charge in [-0.15, -0.1) is 12.6 Å². The summed E-state index contributed by atoms with van der Waals surface area (Å²) in [5.41, 5.74) is 4.32. The molecule has 19 heavy (non-hydrogen) atoms. The van der Waals surface area contributed by atoms with Gasteiger partial charge in [0.25, 0.3) is 0 Å². The summed E-state index contributed by atoms with van der Waals surface area (Å²) in [7, 11) is 0. The van der Waals surface area contributed by atoms with E-state index < -0.39 is 0 Å². The van der Waals surface area contributed by atoms with Crippen molar-refractivity contribution >= 4 is 12.6 Å². The molecule has 1 aromatic heterocycles. The number of rotatable bonds is 2. The number of nitrogens with zero attached hydrogens (tertiary/aromatic N) is 2. The highest BCUT2D eigenvalue weighted by atomic mass is 32.1. The molecule has 0 aliphatic rings. The average molecular weight is 266 g/mol. The third-order valence-corrected chi connectivity index (χ3v) is 3.29. The third-order valence-electron chi connectivity index (χ3n) is 3.00. The maximum Gasteiger partial charge on any atom is 0.0743 e. The van der Waals surface area contributed by atoms with Crippen molar-refractivity contribution in [1.82, 2.24) is 9.78 Å². The number of aryl methyl sites for hydroxylation is 1. The highest BCUT2D eigenvalue weighted by Gasteiger charge is 2.09. The highest BCUT2D eigenvalue weighted by Crippen LogP contribution is 2.24. The van der Waals surface area contributed by atoms with Gasteiger partial charge in [-0.1, -0.05) is 30.3 Å². The molecule has 0 amide bonds. The smallest absolute Gasteiger partial charge is 0.0743 e. The van der Waals surface area contributed by atoms with E-state index in [9.17, 15) is 0 Å². The second-order valence-electron chi connectivity index (χ2n) is 4.47. The summed E-state index contributed by atoms with van der Waals surface area (Å²) in [6.07, 6.45) is 0. The van der Waals surface area contributed by atoms with Gasteiger partial charge in [-0.3, -0.25) is 0 Å². The Morgan fingerprint density at radius 3 is 2.32 bits per heavy atom. The topological polar surface area (TPSA) is 17.8 Å².